The molecule has 0 spiro atoms. The fourth-order valence-electron chi connectivity index (χ4n) is 2.76. The molecule has 1 N–H and O–H groups in total. The van der Waals surface area contributed by atoms with E-state index in [1.54, 1.807) is 0 Å². The molecule has 0 bridgehead atoms. The van der Waals surface area contributed by atoms with Crippen LogP contribution in [-0.2, 0) is 12.0 Å². The van der Waals surface area contributed by atoms with Crippen LogP contribution in [0.2, 0.25) is 0 Å². The summed E-state index contributed by atoms with van der Waals surface area (Å²) in [6, 6.07) is 5.26. The fourth-order valence-corrected chi connectivity index (χ4v) is 3.78. The van der Waals surface area contributed by atoms with Gasteiger partial charge in [-0.15, -0.1) is 11.3 Å². The Kier molecular flexibility index (Phi) is 4.50. The first-order chi connectivity index (χ1) is 8.47. The molecule has 0 aromatic carbocycles. The molecule has 2 rings (SSSR count). The second-order valence-electron chi connectivity index (χ2n) is 6.73. The molecule has 1 aromatic heterocycles. The zero-order chi connectivity index (χ0) is 13.2. The summed E-state index contributed by atoms with van der Waals surface area (Å²) in [5, 5.41) is 3.72. The van der Waals surface area contributed by atoms with Gasteiger partial charge in [0.1, 0.15) is 0 Å². The van der Waals surface area contributed by atoms with E-state index in [9.17, 15) is 0 Å². The van der Waals surface area contributed by atoms with Crippen LogP contribution in [-0.4, -0.2) is 6.04 Å². The predicted molar refractivity (Wildman–Crippen MR) is 81.3 cm³/mol. The molecule has 1 saturated carbocycles. The van der Waals surface area contributed by atoms with Gasteiger partial charge < -0.3 is 5.32 Å². The second-order valence-corrected chi connectivity index (χ2v) is 7.90. The first kappa shape index (κ1) is 14.1. The van der Waals surface area contributed by atoms with Crippen LogP contribution in [0.3, 0.4) is 0 Å². The average molecular weight is 265 g/mol. The molecule has 0 radical (unpaired) electrons. The molecule has 1 nitrogen and oxygen atoms in total. The Hall–Kier alpha value is -0.340. The molecule has 0 amide bonds. The van der Waals surface area contributed by atoms with Crippen LogP contribution < -0.4 is 5.32 Å². The maximum Gasteiger partial charge on any atom is 0.0302 e. The summed E-state index contributed by atoms with van der Waals surface area (Å²) in [4.78, 5) is 2.97. The molecule has 18 heavy (non-hydrogen) atoms. The van der Waals surface area contributed by atoms with Gasteiger partial charge in [0.05, 0.1) is 0 Å². The number of rotatable bonds is 4. The van der Waals surface area contributed by atoms with Crippen molar-refractivity contribution in [2.45, 2.75) is 71.4 Å². The lowest BCUT2D eigenvalue weighted by Gasteiger charge is -2.20. The van der Waals surface area contributed by atoms with Gasteiger partial charge in [0, 0.05) is 22.3 Å². The highest BCUT2D eigenvalue weighted by atomic mass is 32.1. The normalized spacial score (nSPS) is 19.3. The molecular weight excluding hydrogens is 238 g/mol. The van der Waals surface area contributed by atoms with E-state index in [1.807, 2.05) is 11.3 Å². The number of hydrogen-bond donors (Lipinski definition) is 1. The molecule has 1 atom stereocenters. The topological polar surface area (TPSA) is 12.0 Å². The monoisotopic (exact) mass is 265 g/mol. The highest BCUT2D eigenvalue weighted by Crippen LogP contribution is 2.30. The van der Waals surface area contributed by atoms with Gasteiger partial charge in [0.2, 0.25) is 0 Å². The van der Waals surface area contributed by atoms with Crippen molar-refractivity contribution in [3.05, 3.63) is 21.9 Å². The Morgan fingerprint density at radius 1 is 1.28 bits per heavy atom. The third kappa shape index (κ3) is 3.58. The van der Waals surface area contributed by atoms with E-state index in [-0.39, 0.29) is 0 Å². The maximum atomic E-state index is 3.72. The van der Waals surface area contributed by atoms with Crippen molar-refractivity contribution in [1.29, 1.82) is 0 Å². The summed E-state index contributed by atoms with van der Waals surface area (Å²) in [7, 11) is 0. The molecule has 1 aliphatic rings. The molecular formula is C16H27NS. The van der Waals surface area contributed by atoms with Crippen molar-refractivity contribution in [3.8, 4) is 0 Å². The van der Waals surface area contributed by atoms with Crippen LogP contribution in [0.4, 0.5) is 0 Å². The first-order valence-electron chi connectivity index (χ1n) is 7.29. The molecule has 1 aromatic rings. The third-order valence-corrected chi connectivity index (χ3v) is 5.62. The highest BCUT2D eigenvalue weighted by molar-refractivity contribution is 7.12. The Morgan fingerprint density at radius 2 is 1.94 bits per heavy atom. The van der Waals surface area contributed by atoms with Gasteiger partial charge >= 0.3 is 0 Å². The zero-order valence-electron chi connectivity index (χ0n) is 12.3. The van der Waals surface area contributed by atoms with E-state index in [1.165, 1.54) is 35.4 Å². The molecule has 0 aliphatic heterocycles. The van der Waals surface area contributed by atoms with Crippen molar-refractivity contribution in [3.63, 3.8) is 0 Å². The molecule has 102 valence electrons. The van der Waals surface area contributed by atoms with Gasteiger partial charge in [-0.1, -0.05) is 33.6 Å². The molecule has 0 saturated heterocycles. The third-order valence-electron chi connectivity index (χ3n) is 4.11. The summed E-state index contributed by atoms with van der Waals surface area (Å²) in [6.07, 6.45) is 5.71. The van der Waals surface area contributed by atoms with Gasteiger partial charge in [-0.25, -0.2) is 0 Å². The summed E-state index contributed by atoms with van der Waals surface area (Å²) >= 11 is 1.96. The smallest absolute Gasteiger partial charge is 0.0302 e. The Morgan fingerprint density at radius 3 is 2.50 bits per heavy atom. The summed E-state index contributed by atoms with van der Waals surface area (Å²) < 4.78 is 0. The molecule has 2 heteroatoms. The molecule has 1 heterocycles. The Bertz CT molecular complexity index is 369. The maximum absolute atomic E-state index is 3.72. The van der Waals surface area contributed by atoms with Crippen LogP contribution in [0.1, 0.15) is 63.1 Å². The van der Waals surface area contributed by atoms with Crippen LogP contribution in [0.25, 0.3) is 0 Å². The van der Waals surface area contributed by atoms with Crippen molar-refractivity contribution in [2.75, 3.05) is 0 Å². The summed E-state index contributed by atoms with van der Waals surface area (Å²) in [5.74, 6) is 0.909. The Labute approximate surface area is 116 Å². The highest BCUT2D eigenvalue weighted by Gasteiger charge is 2.21. The van der Waals surface area contributed by atoms with E-state index < -0.39 is 0 Å². The average Bonchev–Trinajstić information content (AvgIpc) is 2.96. The van der Waals surface area contributed by atoms with Crippen LogP contribution >= 0.6 is 11.3 Å². The number of nitrogens with one attached hydrogen (secondary N) is 1. The first-order valence-corrected chi connectivity index (χ1v) is 8.11. The van der Waals surface area contributed by atoms with E-state index in [2.05, 4.69) is 45.1 Å². The van der Waals surface area contributed by atoms with Gasteiger partial charge in [-0.05, 0) is 43.2 Å². The minimum absolute atomic E-state index is 0.292. The summed E-state index contributed by atoms with van der Waals surface area (Å²) in [6.45, 7) is 10.3. The van der Waals surface area contributed by atoms with E-state index >= 15 is 0 Å². The quantitative estimate of drug-likeness (QED) is 0.831. The lowest BCUT2D eigenvalue weighted by molar-refractivity contribution is 0.381. The standard InChI is InChI=1S/C16H27NS/c1-12(13-7-5-6-8-13)17-11-14-9-10-15(18-14)16(2,3)4/h9-10,12-13,17H,5-8,11H2,1-4H3. The van der Waals surface area contributed by atoms with E-state index in [4.69, 9.17) is 0 Å². The van der Waals surface area contributed by atoms with E-state index in [0.717, 1.165) is 12.5 Å². The van der Waals surface area contributed by atoms with E-state index in [0.29, 0.717) is 11.5 Å². The minimum atomic E-state index is 0.292. The van der Waals surface area contributed by atoms with Gasteiger partial charge in [0.25, 0.3) is 0 Å². The molecule has 1 unspecified atom stereocenters. The van der Waals surface area contributed by atoms with Gasteiger partial charge in [-0.3, -0.25) is 0 Å². The Balaban J connectivity index is 1.84. The predicted octanol–water partition coefficient (Wildman–Crippen LogP) is 4.71. The summed E-state index contributed by atoms with van der Waals surface area (Å²) in [5.41, 5.74) is 0.292. The van der Waals surface area contributed by atoms with Gasteiger partial charge in [-0.2, -0.15) is 0 Å². The van der Waals surface area contributed by atoms with Crippen LogP contribution in [0.5, 0.6) is 0 Å². The largest absolute Gasteiger partial charge is 0.309 e. The van der Waals surface area contributed by atoms with Crippen LogP contribution in [0, 0.1) is 5.92 Å². The molecule has 1 fully saturated rings. The lowest BCUT2D eigenvalue weighted by Crippen LogP contribution is -2.31. The SMILES string of the molecule is CC(NCc1ccc(C(C)(C)C)s1)C1CCCC1. The van der Waals surface area contributed by atoms with Crippen LogP contribution in [0.15, 0.2) is 12.1 Å². The van der Waals surface area contributed by atoms with Crippen molar-refractivity contribution in [1.82, 2.24) is 5.32 Å². The lowest BCUT2D eigenvalue weighted by atomic mass is 9.95. The van der Waals surface area contributed by atoms with Crippen molar-refractivity contribution < 1.29 is 0 Å². The molecule has 1 aliphatic carbocycles. The van der Waals surface area contributed by atoms with Crippen molar-refractivity contribution in [2.24, 2.45) is 5.92 Å². The second kappa shape index (κ2) is 5.75. The number of hydrogen-bond acceptors (Lipinski definition) is 2. The number of thiophene rings is 1. The van der Waals surface area contributed by atoms with Gasteiger partial charge in [0.15, 0.2) is 0 Å². The fraction of sp³-hybridized carbons (Fsp3) is 0.750. The zero-order valence-corrected chi connectivity index (χ0v) is 13.1. The minimum Gasteiger partial charge on any atom is -0.309 e. The van der Waals surface area contributed by atoms with Crippen molar-refractivity contribution >= 4 is 11.3 Å².